The molecule has 0 fully saturated rings. The normalized spacial score (nSPS) is 11.1. The summed E-state index contributed by atoms with van der Waals surface area (Å²) in [6.45, 7) is 14.0. The fourth-order valence-corrected chi connectivity index (χ4v) is 1.21. The van der Waals surface area contributed by atoms with Crippen LogP contribution in [0.4, 0.5) is 0 Å². The number of rotatable bonds is 11. The monoisotopic (exact) mass is 226 g/mol. The summed E-state index contributed by atoms with van der Waals surface area (Å²) >= 11 is 0. The van der Waals surface area contributed by atoms with E-state index in [2.05, 4.69) is 19.7 Å². The zero-order chi connectivity index (χ0) is 12.3. The molecule has 0 amide bonds. The van der Waals surface area contributed by atoms with E-state index in [1.807, 2.05) is 6.92 Å². The SMILES string of the molecule is C=CCOC(CCC)(OCC=C)OCC=C. The summed E-state index contributed by atoms with van der Waals surface area (Å²) in [5, 5.41) is 0. The topological polar surface area (TPSA) is 27.7 Å². The molecule has 0 saturated heterocycles. The molecule has 0 heterocycles. The van der Waals surface area contributed by atoms with Gasteiger partial charge in [0.05, 0.1) is 19.8 Å². The van der Waals surface area contributed by atoms with Gasteiger partial charge < -0.3 is 14.2 Å². The number of hydrogen-bond donors (Lipinski definition) is 0. The average Bonchev–Trinajstić information content (AvgIpc) is 2.31. The van der Waals surface area contributed by atoms with Gasteiger partial charge in [0.25, 0.3) is 5.97 Å². The van der Waals surface area contributed by atoms with Crippen LogP contribution in [0.1, 0.15) is 19.8 Å². The Labute approximate surface area is 98.4 Å². The van der Waals surface area contributed by atoms with Crippen molar-refractivity contribution in [2.75, 3.05) is 19.8 Å². The zero-order valence-corrected chi connectivity index (χ0v) is 10.1. The first-order chi connectivity index (χ1) is 7.74. The number of ether oxygens (including phenoxy) is 3. The van der Waals surface area contributed by atoms with Gasteiger partial charge in [-0.05, 0) is 6.42 Å². The van der Waals surface area contributed by atoms with Crippen LogP contribution in [-0.4, -0.2) is 25.8 Å². The predicted octanol–water partition coefficient (Wildman–Crippen LogP) is 3.05. The van der Waals surface area contributed by atoms with Crippen molar-refractivity contribution in [3.8, 4) is 0 Å². The van der Waals surface area contributed by atoms with Crippen molar-refractivity contribution in [3.63, 3.8) is 0 Å². The molecule has 0 N–H and O–H groups in total. The maximum atomic E-state index is 5.57. The minimum atomic E-state index is -1.01. The summed E-state index contributed by atoms with van der Waals surface area (Å²) in [6, 6.07) is 0. The zero-order valence-electron chi connectivity index (χ0n) is 10.1. The smallest absolute Gasteiger partial charge is 0.283 e. The largest absolute Gasteiger partial charge is 0.323 e. The molecule has 3 nitrogen and oxygen atoms in total. The van der Waals surface area contributed by atoms with Crippen molar-refractivity contribution in [1.29, 1.82) is 0 Å². The quantitative estimate of drug-likeness (QED) is 0.400. The van der Waals surface area contributed by atoms with Gasteiger partial charge in [-0.3, -0.25) is 0 Å². The van der Waals surface area contributed by atoms with Crippen LogP contribution in [0, 0.1) is 0 Å². The van der Waals surface area contributed by atoms with E-state index in [-0.39, 0.29) is 0 Å². The summed E-state index contributed by atoms with van der Waals surface area (Å²) in [4.78, 5) is 0. The molecule has 3 heteroatoms. The van der Waals surface area contributed by atoms with E-state index in [9.17, 15) is 0 Å². The van der Waals surface area contributed by atoms with E-state index in [4.69, 9.17) is 14.2 Å². The van der Waals surface area contributed by atoms with Crippen LogP contribution in [-0.2, 0) is 14.2 Å². The molecule has 16 heavy (non-hydrogen) atoms. The molecule has 0 aromatic carbocycles. The van der Waals surface area contributed by atoms with Gasteiger partial charge in [-0.15, -0.1) is 19.7 Å². The molecule has 0 aromatic heterocycles. The Morgan fingerprint density at radius 2 is 1.25 bits per heavy atom. The van der Waals surface area contributed by atoms with Gasteiger partial charge in [0.1, 0.15) is 0 Å². The Morgan fingerprint density at radius 1 is 0.875 bits per heavy atom. The van der Waals surface area contributed by atoms with Crippen molar-refractivity contribution >= 4 is 0 Å². The highest BCUT2D eigenvalue weighted by Crippen LogP contribution is 2.22. The molecule has 0 aliphatic rings. The van der Waals surface area contributed by atoms with Gasteiger partial charge in [-0.25, -0.2) is 0 Å². The minimum absolute atomic E-state index is 0.383. The first-order valence-electron chi connectivity index (χ1n) is 5.49. The van der Waals surface area contributed by atoms with Crippen LogP contribution in [0.5, 0.6) is 0 Å². The highest BCUT2D eigenvalue weighted by atomic mass is 16.9. The van der Waals surface area contributed by atoms with Gasteiger partial charge in [0.2, 0.25) is 0 Å². The van der Waals surface area contributed by atoms with E-state index < -0.39 is 5.97 Å². The molecule has 0 atom stereocenters. The van der Waals surface area contributed by atoms with Crippen LogP contribution in [0.25, 0.3) is 0 Å². The third-order valence-electron chi connectivity index (χ3n) is 1.82. The second-order valence-electron chi connectivity index (χ2n) is 3.23. The van der Waals surface area contributed by atoms with E-state index in [0.717, 1.165) is 6.42 Å². The number of hydrogen-bond acceptors (Lipinski definition) is 3. The maximum absolute atomic E-state index is 5.57. The van der Waals surface area contributed by atoms with E-state index >= 15 is 0 Å². The van der Waals surface area contributed by atoms with Crippen LogP contribution in [0.15, 0.2) is 38.0 Å². The summed E-state index contributed by atoms with van der Waals surface area (Å²) in [5.41, 5.74) is 0. The van der Waals surface area contributed by atoms with Crippen molar-refractivity contribution in [1.82, 2.24) is 0 Å². The fraction of sp³-hybridized carbons (Fsp3) is 0.538. The Bertz CT molecular complexity index is 180. The first-order valence-corrected chi connectivity index (χ1v) is 5.49. The summed E-state index contributed by atoms with van der Waals surface area (Å²) in [7, 11) is 0. The molecular formula is C13H22O3. The van der Waals surface area contributed by atoms with E-state index in [1.165, 1.54) is 0 Å². The lowest BCUT2D eigenvalue weighted by Crippen LogP contribution is -2.39. The third-order valence-corrected chi connectivity index (χ3v) is 1.82. The van der Waals surface area contributed by atoms with Gasteiger partial charge in [-0.2, -0.15) is 0 Å². The van der Waals surface area contributed by atoms with Crippen LogP contribution in [0.2, 0.25) is 0 Å². The molecule has 0 unspecified atom stereocenters. The Hall–Kier alpha value is -0.900. The van der Waals surface area contributed by atoms with Crippen molar-refractivity contribution in [2.24, 2.45) is 0 Å². The fourth-order valence-electron chi connectivity index (χ4n) is 1.21. The average molecular weight is 226 g/mol. The maximum Gasteiger partial charge on any atom is 0.283 e. The molecular weight excluding hydrogens is 204 g/mol. The second-order valence-corrected chi connectivity index (χ2v) is 3.23. The van der Waals surface area contributed by atoms with Crippen molar-refractivity contribution in [2.45, 2.75) is 25.7 Å². The van der Waals surface area contributed by atoms with Gasteiger partial charge in [0, 0.05) is 6.42 Å². The predicted molar refractivity (Wildman–Crippen MR) is 66.1 cm³/mol. The van der Waals surface area contributed by atoms with Crippen molar-refractivity contribution in [3.05, 3.63) is 38.0 Å². The Morgan fingerprint density at radius 3 is 1.50 bits per heavy atom. The Balaban J connectivity index is 4.48. The molecule has 0 rings (SSSR count). The Kier molecular flexibility index (Phi) is 8.81. The molecule has 0 bridgehead atoms. The molecule has 0 aliphatic heterocycles. The molecule has 0 radical (unpaired) electrons. The van der Waals surface area contributed by atoms with Crippen LogP contribution >= 0.6 is 0 Å². The highest BCUT2D eigenvalue weighted by molar-refractivity contribution is 4.73. The van der Waals surface area contributed by atoms with E-state index in [1.54, 1.807) is 18.2 Å². The summed E-state index contributed by atoms with van der Waals surface area (Å²) in [5.74, 6) is -1.01. The highest BCUT2D eigenvalue weighted by Gasteiger charge is 2.31. The third kappa shape index (κ3) is 5.85. The van der Waals surface area contributed by atoms with Crippen LogP contribution < -0.4 is 0 Å². The van der Waals surface area contributed by atoms with Gasteiger partial charge >= 0.3 is 0 Å². The standard InChI is InChI=1S/C13H22O3/c1-5-9-13(14-10-6-2,15-11-7-3)16-12-8-4/h6-8H,2-5,9-12H2,1H3. The lowest BCUT2D eigenvalue weighted by Gasteiger charge is -2.32. The van der Waals surface area contributed by atoms with Crippen molar-refractivity contribution < 1.29 is 14.2 Å². The lowest BCUT2D eigenvalue weighted by atomic mass is 10.3. The first kappa shape index (κ1) is 15.1. The minimum Gasteiger partial charge on any atom is -0.323 e. The second kappa shape index (κ2) is 9.33. The molecule has 0 spiro atoms. The molecule has 0 aliphatic carbocycles. The van der Waals surface area contributed by atoms with E-state index in [0.29, 0.717) is 26.2 Å². The molecule has 0 aromatic rings. The van der Waals surface area contributed by atoms with Crippen LogP contribution in [0.3, 0.4) is 0 Å². The summed E-state index contributed by atoms with van der Waals surface area (Å²) in [6.07, 6.45) is 6.55. The molecule has 92 valence electrons. The van der Waals surface area contributed by atoms with Gasteiger partial charge in [-0.1, -0.05) is 25.2 Å². The lowest BCUT2D eigenvalue weighted by molar-refractivity contribution is -0.373. The summed E-state index contributed by atoms with van der Waals surface area (Å²) < 4.78 is 16.7. The van der Waals surface area contributed by atoms with Gasteiger partial charge in [0.15, 0.2) is 0 Å². The molecule has 0 saturated carbocycles.